The summed E-state index contributed by atoms with van der Waals surface area (Å²) in [6.45, 7) is 2.80. The number of nitrogens with zero attached hydrogens (tertiary/aromatic N) is 4. The van der Waals surface area contributed by atoms with Gasteiger partial charge in [-0.05, 0) is 47.7 Å². The number of aliphatic imine (C=N–C) groups is 1. The Balaban J connectivity index is 1.39. The molecule has 0 spiro atoms. The maximum absolute atomic E-state index is 14.0. The summed E-state index contributed by atoms with van der Waals surface area (Å²) < 4.78 is 14.0. The molecule has 4 rings (SSSR count). The van der Waals surface area contributed by atoms with Crippen LogP contribution >= 0.6 is 11.8 Å². The van der Waals surface area contributed by atoms with E-state index in [-0.39, 0.29) is 11.7 Å². The van der Waals surface area contributed by atoms with Gasteiger partial charge >= 0.3 is 0 Å². The molecule has 0 aromatic heterocycles. The topological polar surface area (TPSA) is 39.1 Å². The summed E-state index contributed by atoms with van der Waals surface area (Å²) in [5.74, 6) is -0.396. The van der Waals surface area contributed by atoms with Crippen LogP contribution in [0.2, 0.25) is 0 Å². The predicted molar refractivity (Wildman–Crippen MR) is 119 cm³/mol. The summed E-state index contributed by atoms with van der Waals surface area (Å²) in [6.07, 6.45) is 1.89. The summed E-state index contributed by atoms with van der Waals surface area (Å²) in [5, 5.41) is 0.736. The Bertz CT molecular complexity index is 963. The molecule has 0 radical (unpaired) electrons. The molecule has 5 nitrogen and oxygen atoms in total. The molecule has 0 atom stereocenters. The van der Waals surface area contributed by atoms with Gasteiger partial charge in [0.25, 0.3) is 5.91 Å². The molecule has 0 bridgehead atoms. The number of amides is 1. The minimum absolute atomic E-state index is 0.196. The zero-order valence-electron chi connectivity index (χ0n) is 16.5. The van der Waals surface area contributed by atoms with E-state index >= 15 is 0 Å². The summed E-state index contributed by atoms with van der Waals surface area (Å²) in [5.41, 5.74) is 2.72. The molecule has 7 heteroatoms. The largest absolute Gasteiger partial charge is 0.378 e. The molecule has 1 fully saturated rings. The maximum atomic E-state index is 14.0. The summed E-state index contributed by atoms with van der Waals surface area (Å²) in [6, 6.07) is 14.9. The number of benzene rings is 2. The predicted octanol–water partition coefficient (Wildman–Crippen LogP) is 3.68. The molecule has 0 unspecified atom stereocenters. The lowest BCUT2D eigenvalue weighted by Gasteiger charge is -2.36. The number of amidine groups is 1. The normalized spacial score (nSPS) is 18.4. The third kappa shape index (κ3) is 4.29. The summed E-state index contributed by atoms with van der Waals surface area (Å²) in [4.78, 5) is 23.4. The van der Waals surface area contributed by atoms with E-state index in [1.807, 2.05) is 60.3 Å². The van der Waals surface area contributed by atoms with Gasteiger partial charge in [-0.15, -0.1) is 0 Å². The van der Waals surface area contributed by atoms with E-state index in [4.69, 9.17) is 0 Å². The maximum Gasteiger partial charge on any atom is 0.286 e. The molecule has 1 saturated heterocycles. The molecule has 2 heterocycles. The van der Waals surface area contributed by atoms with Crippen molar-refractivity contribution in [3.8, 4) is 0 Å². The number of carbonyl (C=O) groups excluding carboxylic acids is 1. The fourth-order valence-electron chi connectivity index (χ4n) is 3.40. The number of carbonyl (C=O) groups is 1. The zero-order chi connectivity index (χ0) is 20.4. The standard InChI is InChI=1S/C22H23FN4OS/c1-25(2)17-9-7-16(8-10-17)15-20-21(28)24-22(29-20)27-13-11-26(12-14-27)19-6-4-3-5-18(19)23/h3-10,15H,11-14H2,1-2H3. The van der Waals surface area contributed by atoms with E-state index in [9.17, 15) is 9.18 Å². The lowest BCUT2D eigenvalue weighted by Crippen LogP contribution is -2.48. The van der Waals surface area contributed by atoms with Crippen LogP contribution in [0, 0.1) is 5.82 Å². The number of anilines is 2. The Kier molecular flexibility index (Phi) is 5.58. The van der Waals surface area contributed by atoms with Crippen LogP contribution in [0.5, 0.6) is 0 Å². The minimum atomic E-state index is -0.200. The van der Waals surface area contributed by atoms with Crippen LogP contribution in [0.4, 0.5) is 15.8 Å². The summed E-state index contributed by atoms with van der Waals surface area (Å²) >= 11 is 1.42. The first kappa shape index (κ1) is 19.5. The van der Waals surface area contributed by atoms with Crippen molar-refractivity contribution < 1.29 is 9.18 Å². The van der Waals surface area contributed by atoms with Crippen molar-refractivity contribution in [1.29, 1.82) is 0 Å². The van der Waals surface area contributed by atoms with Crippen molar-refractivity contribution >= 4 is 40.3 Å². The highest BCUT2D eigenvalue weighted by Crippen LogP contribution is 2.31. The lowest BCUT2D eigenvalue weighted by atomic mass is 10.2. The van der Waals surface area contributed by atoms with Gasteiger partial charge < -0.3 is 14.7 Å². The number of rotatable bonds is 3. The number of piperazine rings is 1. The van der Waals surface area contributed by atoms with E-state index < -0.39 is 0 Å². The third-order valence-electron chi connectivity index (χ3n) is 5.06. The molecule has 2 aliphatic heterocycles. The van der Waals surface area contributed by atoms with Crippen LogP contribution in [0.3, 0.4) is 0 Å². The van der Waals surface area contributed by atoms with Gasteiger partial charge in [0, 0.05) is 46.0 Å². The molecule has 2 aromatic rings. The molecule has 0 saturated carbocycles. The van der Waals surface area contributed by atoms with Gasteiger partial charge in [-0.2, -0.15) is 4.99 Å². The Morgan fingerprint density at radius 1 is 1.00 bits per heavy atom. The van der Waals surface area contributed by atoms with Gasteiger partial charge in [0.1, 0.15) is 5.82 Å². The van der Waals surface area contributed by atoms with Gasteiger partial charge in [-0.1, -0.05) is 24.3 Å². The van der Waals surface area contributed by atoms with Crippen LogP contribution in [0.15, 0.2) is 58.4 Å². The molecular formula is C22H23FN4OS. The van der Waals surface area contributed by atoms with Crippen LogP contribution in [0.1, 0.15) is 5.56 Å². The molecule has 0 N–H and O–H groups in total. The molecule has 2 aromatic carbocycles. The van der Waals surface area contributed by atoms with Gasteiger partial charge in [-0.3, -0.25) is 4.79 Å². The number of hydrogen-bond donors (Lipinski definition) is 0. The van der Waals surface area contributed by atoms with Crippen molar-refractivity contribution in [2.45, 2.75) is 0 Å². The van der Waals surface area contributed by atoms with Gasteiger partial charge in [0.15, 0.2) is 5.17 Å². The second kappa shape index (κ2) is 8.29. The number of thioether (sulfide) groups is 1. The highest BCUT2D eigenvalue weighted by atomic mass is 32.2. The first-order valence-electron chi connectivity index (χ1n) is 9.55. The third-order valence-corrected chi connectivity index (χ3v) is 6.10. The molecule has 2 aliphatic rings. The Labute approximate surface area is 174 Å². The average Bonchev–Trinajstić information content (AvgIpc) is 3.09. The highest BCUT2D eigenvalue weighted by Gasteiger charge is 2.29. The zero-order valence-corrected chi connectivity index (χ0v) is 17.3. The second-order valence-corrected chi connectivity index (χ2v) is 8.23. The van der Waals surface area contributed by atoms with Gasteiger partial charge in [-0.25, -0.2) is 4.39 Å². The monoisotopic (exact) mass is 410 g/mol. The first-order valence-corrected chi connectivity index (χ1v) is 10.4. The molecule has 150 valence electrons. The van der Waals surface area contributed by atoms with Crippen LogP contribution in [-0.2, 0) is 4.79 Å². The first-order chi connectivity index (χ1) is 14.0. The molecule has 1 amide bonds. The van der Waals surface area contributed by atoms with Crippen molar-refractivity contribution in [2.24, 2.45) is 4.99 Å². The molecule has 0 aliphatic carbocycles. The van der Waals surface area contributed by atoms with Gasteiger partial charge in [0.2, 0.25) is 0 Å². The second-order valence-electron chi connectivity index (χ2n) is 7.22. The van der Waals surface area contributed by atoms with Crippen LogP contribution in [0.25, 0.3) is 6.08 Å². The highest BCUT2D eigenvalue weighted by molar-refractivity contribution is 8.18. The van der Waals surface area contributed by atoms with E-state index in [0.29, 0.717) is 36.8 Å². The average molecular weight is 411 g/mol. The fraction of sp³-hybridized carbons (Fsp3) is 0.273. The lowest BCUT2D eigenvalue weighted by molar-refractivity contribution is -0.113. The Morgan fingerprint density at radius 3 is 2.31 bits per heavy atom. The number of halogens is 1. The van der Waals surface area contributed by atoms with Crippen molar-refractivity contribution in [1.82, 2.24) is 4.90 Å². The Hall–Kier alpha value is -2.80. The fourth-order valence-corrected chi connectivity index (χ4v) is 4.37. The SMILES string of the molecule is CN(C)c1ccc(C=C2SC(N3CCN(c4ccccc4F)CC3)=NC2=O)cc1. The smallest absolute Gasteiger partial charge is 0.286 e. The van der Waals surface area contributed by atoms with Crippen molar-refractivity contribution in [3.63, 3.8) is 0 Å². The van der Waals surface area contributed by atoms with Gasteiger partial charge in [0.05, 0.1) is 10.6 Å². The summed E-state index contributed by atoms with van der Waals surface area (Å²) in [7, 11) is 3.99. The van der Waals surface area contributed by atoms with Crippen LogP contribution in [-0.4, -0.2) is 56.2 Å². The van der Waals surface area contributed by atoms with E-state index in [2.05, 4.69) is 9.89 Å². The number of hydrogen-bond acceptors (Lipinski definition) is 5. The van der Waals surface area contributed by atoms with E-state index in [1.165, 1.54) is 17.8 Å². The molecular weight excluding hydrogens is 387 g/mol. The van der Waals surface area contributed by atoms with Crippen molar-refractivity contribution in [2.75, 3.05) is 50.1 Å². The van der Waals surface area contributed by atoms with E-state index in [0.717, 1.165) is 16.4 Å². The quantitative estimate of drug-likeness (QED) is 0.722. The van der Waals surface area contributed by atoms with Crippen LogP contribution < -0.4 is 9.80 Å². The minimum Gasteiger partial charge on any atom is -0.378 e. The Morgan fingerprint density at radius 2 is 1.66 bits per heavy atom. The van der Waals surface area contributed by atoms with Crippen molar-refractivity contribution in [3.05, 3.63) is 64.8 Å². The van der Waals surface area contributed by atoms with E-state index in [1.54, 1.807) is 12.1 Å². The number of para-hydroxylation sites is 1. The molecule has 29 heavy (non-hydrogen) atoms.